The average molecular weight is 405 g/mol. The van der Waals surface area contributed by atoms with Crippen LogP contribution in [0.1, 0.15) is 31.2 Å². The third kappa shape index (κ3) is 6.24. The molecule has 3 rings (SSSR count). The van der Waals surface area contributed by atoms with Crippen LogP contribution in [0.5, 0.6) is 11.5 Å². The van der Waals surface area contributed by atoms with Gasteiger partial charge in [0.25, 0.3) is 0 Å². The monoisotopic (exact) mass is 404 g/mol. The first-order chi connectivity index (χ1) is 14.1. The largest absolute Gasteiger partial charge is 0.497 e. The molecule has 0 amide bonds. The highest BCUT2D eigenvalue weighted by Crippen LogP contribution is 2.48. The molecule has 7 nitrogen and oxygen atoms in total. The summed E-state index contributed by atoms with van der Waals surface area (Å²) >= 11 is 0. The van der Waals surface area contributed by atoms with Crippen molar-refractivity contribution in [1.82, 2.24) is 15.5 Å². The lowest BCUT2D eigenvalue weighted by Crippen LogP contribution is -2.46. The van der Waals surface area contributed by atoms with Crippen molar-refractivity contribution >= 4 is 5.96 Å². The molecule has 162 valence electrons. The first kappa shape index (κ1) is 21.7. The van der Waals surface area contributed by atoms with Crippen LogP contribution >= 0.6 is 0 Å². The van der Waals surface area contributed by atoms with Gasteiger partial charge in [0.05, 0.1) is 14.2 Å². The molecule has 1 saturated carbocycles. The Labute approximate surface area is 174 Å². The van der Waals surface area contributed by atoms with Gasteiger partial charge in [-0.2, -0.15) is 0 Å². The predicted octanol–water partition coefficient (Wildman–Crippen LogP) is 2.26. The lowest BCUT2D eigenvalue weighted by molar-refractivity contribution is 0.172. The fourth-order valence-corrected chi connectivity index (χ4v) is 3.98. The molecule has 0 aromatic heterocycles. The first-order valence-electron chi connectivity index (χ1n) is 10.5. The van der Waals surface area contributed by atoms with E-state index in [1.165, 1.54) is 18.4 Å². The Morgan fingerprint density at radius 1 is 1.17 bits per heavy atom. The van der Waals surface area contributed by atoms with Crippen molar-refractivity contribution in [1.29, 1.82) is 0 Å². The molecule has 1 aromatic rings. The van der Waals surface area contributed by atoms with Crippen molar-refractivity contribution in [2.45, 2.75) is 38.3 Å². The highest BCUT2D eigenvalue weighted by atomic mass is 16.5. The van der Waals surface area contributed by atoms with E-state index in [9.17, 15) is 0 Å². The molecule has 2 N–H and O–H groups in total. The second-order valence-electron chi connectivity index (χ2n) is 8.25. The van der Waals surface area contributed by atoms with Crippen LogP contribution in [-0.2, 0) is 11.3 Å². The Balaban J connectivity index is 1.46. The van der Waals surface area contributed by atoms with Crippen molar-refractivity contribution in [3.8, 4) is 11.5 Å². The van der Waals surface area contributed by atoms with Crippen molar-refractivity contribution in [3.05, 3.63) is 23.8 Å². The standard InChI is InChI=1S/C22H36N4O3/c1-23-21(24-16-22(6-7-22)8-10-27-2)25-18-5-9-26(15-18)14-17-11-19(28-3)13-20(12-17)29-4/h11-13,18H,5-10,14-16H2,1-4H3,(H2,23,24,25). The van der Waals surface area contributed by atoms with Crippen molar-refractivity contribution in [2.24, 2.45) is 10.4 Å². The Morgan fingerprint density at radius 2 is 1.90 bits per heavy atom. The summed E-state index contributed by atoms with van der Waals surface area (Å²) in [5.74, 6) is 2.57. The van der Waals surface area contributed by atoms with Gasteiger partial charge < -0.3 is 24.8 Å². The number of hydrogen-bond acceptors (Lipinski definition) is 5. The summed E-state index contributed by atoms with van der Waals surface area (Å²) in [7, 11) is 7.00. The Hall–Kier alpha value is -1.99. The topological polar surface area (TPSA) is 67.4 Å². The molecule has 1 heterocycles. The molecule has 1 aliphatic carbocycles. The summed E-state index contributed by atoms with van der Waals surface area (Å²) in [5, 5.41) is 7.13. The number of likely N-dealkylation sites (tertiary alicyclic amines) is 1. The summed E-state index contributed by atoms with van der Waals surface area (Å²) in [6.45, 7) is 4.75. The van der Waals surface area contributed by atoms with Crippen LogP contribution in [0.2, 0.25) is 0 Å². The molecule has 29 heavy (non-hydrogen) atoms. The highest BCUT2D eigenvalue weighted by Gasteiger charge is 2.42. The number of ether oxygens (including phenoxy) is 3. The molecule has 0 bridgehead atoms. The molecule has 1 saturated heterocycles. The number of benzene rings is 1. The van der Waals surface area contributed by atoms with Gasteiger partial charge in [-0.1, -0.05) is 0 Å². The second-order valence-corrected chi connectivity index (χ2v) is 8.25. The lowest BCUT2D eigenvalue weighted by atomic mass is 10.0. The van der Waals surface area contributed by atoms with Crippen LogP contribution < -0.4 is 20.1 Å². The minimum atomic E-state index is 0.404. The third-order valence-electron chi connectivity index (χ3n) is 6.08. The van der Waals surface area contributed by atoms with Crippen LogP contribution in [-0.4, -0.2) is 71.5 Å². The molecular weight excluding hydrogens is 368 g/mol. The fraction of sp³-hybridized carbons (Fsp3) is 0.682. The number of rotatable bonds is 10. The molecule has 1 aliphatic heterocycles. The van der Waals surface area contributed by atoms with Crippen molar-refractivity contribution in [2.75, 3.05) is 54.6 Å². The van der Waals surface area contributed by atoms with Gasteiger partial charge in [-0.25, -0.2) is 0 Å². The van der Waals surface area contributed by atoms with E-state index in [1.54, 1.807) is 21.3 Å². The van der Waals surface area contributed by atoms with E-state index < -0.39 is 0 Å². The number of nitrogens with one attached hydrogen (secondary N) is 2. The quantitative estimate of drug-likeness (QED) is 0.461. The molecule has 1 aromatic carbocycles. The van der Waals surface area contributed by atoms with Gasteiger partial charge >= 0.3 is 0 Å². The Bertz CT molecular complexity index is 668. The van der Waals surface area contributed by atoms with Crippen LogP contribution in [0.4, 0.5) is 0 Å². The van der Waals surface area contributed by atoms with Crippen LogP contribution in [0, 0.1) is 5.41 Å². The van der Waals surface area contributed by atoms with Gasteiger partial charge in [-0.05, 0) is 48.8 Å². The van der Waals surface area contributed by atoms with Gasteiger partial charge in [0.2, 0.25) is 0 Å². The zero-order valence-corrected chi connectivity index (χ0v) is 18.3. The number of hydrogen-bond donors (Lipinski definition) is 2. The maximum absolute atomic E-state index is 5.39. The van der Waals surface area contributed by atoms with Crippen LogP contribution in [0.25, 0.3) is 0 Å². The summed E-state index contributed by atoms with van der Waals surface area (Å²) < 4.78 is 16.0. The zero-order chi connectivity index (χ0) is 20.7. The molecule has 2 aliphatic rings. The van der Waals surface area contributed by atoms with E-state index in [2.05, 4.69) is 32.7 Å². The van der Waals surface area contributed by atoms with Gasteiger partial charge in [0, 0.05) is 59.1 Å². The summed E-state index contributed by atoms with van der Waals surface area (Å²) in [4.78, 5) is 6.89. The minimum Gasteiger partial charge on any atom is -0.497 e. The summed E-state index contributed by atoms with van der Waals surface area (Å²) in [6.07, 6.45) is 4.79. The SMILES string of the molecule is CN=C(NCC1(CCOC)CC1)NC1CCN(Cc2cc(OC)cc(OC)c2)C1. The number of aliphatic imine (C=N–C) groups is 1. The summed E-state index contributed by atoms with van der Waals surface area (Å²) in [5.41, 5.74) is 1.61. The number of nitrogens with zero attached hydrogens (tertiary/aromatic N) is 2. The number of guanidine groups is 1. The maximum atomic E-state index is 5.39. The molecule has 1 unspecified atom stereocenters. The maximum Gasteiger partial charge on any atom is 0.191 e. The van der Waals surface area contributed by atoms with Gasteiger partial charge in [-0.3, -0.25) is 9.89 Å². The van der Waals surface area contributed by atoms with Crippen LogP contribution in [0.3, 0.4) is 0 Å². The van der Waals surface area contributed by atoms with E-state index in [1.807, 2.05) is 13.1 Å². The molecular formula is C22H36N4O3. The van der Waals surface area contributed by atoms with Gasteiger partial charge in [0.1, 0.15) is 11.5 Å². The predicted molar refractivity (Wildman–Crippen MR) is 116 cm³/mol. The third-order valence-corrected chi connectivity index (χ3v) is 6.08. The summed E-state index contributed by atoms with van der Waals surface area (Å²) in [6, 6.07) is 6.48. The molecule has 0 spiro atoms. The fourth-order valence-electron chi connectivity index (χ4n) is 3.98. The van der Waals surface area contributed by atoms with Crippen molar-refractivity contribution < 1.29 is 14.2 Å². The molecule has 2 fully saturated rings. The van der Waals surface area contributed by atoms with E-state index in [0.717, 1.165) is 63.1 Å². The van der Waals surface area contributed by atoms with E-state index >= 15 is 0 Å². The Kier molecular flexibility index (Phi) is 7.61. The normalized spacial score (nSPS) is 21.1. The highest BCUT2D eigenvalue weighted by molar-refractivity contribution is 5.80. The van der Waals surface area contributed by atoms with E-state index in [4.69, 9.17) is 14.2 Å². The lowest BCUT2D eigenvalue weighted by Gasteiger charge is -2.21. The first-order valence-corrected chi connectivity index (χ1v) is 10.5. The van der Waals surface area contributed by atoms with Crippen LogP contribution in [0.15, 0.2) is 23.2 Å². The Morgan fingerprint density at radius 3 is 2.48 bits per heavy atom. The second kappa shape index (κ2) is 10.2. The number of methoxy groups -OCH3 is 3. The molecule has 7 heteroatoms. The van der Waals surface area contributed by atoms with Gasteiger partial charge in [0.15, 0.2) is 5.96 Å². The van der Waals surface area contributed by atoms with E-state index in [0.29, 0.717) is 11.5 Å². The van der Waals surface area contributed by atoms with E-state index in [-0.39, 0.29) is 0 Å². The average Bonchev–Trinajstić information content (AvgIpc) is 3.39. The minimum absolute atomic E-state index is 0.404. The van der Waals surface area contributed by atoms with Gasteiger partial charge in [-0.15, -0.1) is 0 Å². The molecule has 1 atom stereocenters. The molecule has 0 radical (unpaired) electrons. The van der Waals surface area contributed by atoms with Crippen molar-refractivity contribution in [3.63, 3.8) is 0 Å². The zero-order valence-electron chi connectivity index (χ0n) is 18.3. The smallest absolute Gasteiger partial charge is 0.191 e.